The van der Waals surface area contributed by atoms with Gasteiger partial charge in [-0.2, -0.15) is 0 Å². The Bertz CT molecular complexity index is 311. The molecule has 3 fully saturated rings. The second-order valence-electron chi connectivity index (χ2n) is 6.98. The van der Waals surface area contributed by atoms with Crippen LogP contribution in [0.3, 0.4) is 0 Å². The number of hydrogen-bond acceptors (Lipinski definition) is 2. The van der Waals surface area contributed by atoms with Gasteiger partial charge < -0.3 is 10.2 Å². The van der Waals surface area contributed by atoms with Crippen molar-refractivity contribution in [2.75, 3.05) is 26.2 Å². The van der Waals surface area contributed by atoms with Crippen LogP contribution in [0.2, 0.25) is 0 Å². The van der Waals surface area contributed by atoms with E-state index < -0.39 is 0 Å². The molecule has 3 nitrogen and oxygen atoms in total. The Morgan fingerprint density at radius 2 is 1.84 bits per heavy atom. The summed E-state index contributed by atoms with van der Waals surface area (Å²) in [7, 11) is 0. The fraction of sp³-hybridized carbons (Fsp3) is 0.938. The summed E-state index contributed by atoms with van der Waals surface area (Å²) in [6, 6.07) is 0. The summed E-state index contributed by atoms with van der Waals surface area (Å²) in [6.07, 6.45) is 11.3. The molecule has 1 amide bonds. The third kappa shape index (κ3) is 2.96. The number of piperidine rings is 2. The zero-order valence-corrected chi connectivity index (χ0v) is 12.1. The normalized spacial score (nSPS) is 33.6. The standard InChI is InChI=1S/C16H28N2O/c19-15(14-6-2-1-3-7-14)18-11-5-9-16(13-18)8-4-10-17-12-16/h14,17H,1-13H2. The van der Waals surface area contributed by atoms with E-state index in [0.29, 0.717) is 17.2 Å². The summed E-state index contributed by atoms with van der Waals surface area (Å²) in [6.45, 7) is 4.33. The monoisotopic (exact) mass is 264 g/mol. The van der Waals surface area contributed by atoms with E-state index >= 15 is 0 Å². The van der Waals surface area contributed by atoms with Crippen LogP contribution in [-0.4, -0.2) is 37.0 Å². The Morgan fingerprint density at radius 3 is 2.58 bits per heavy atom. The van der Waals surface area contributed by atoms with E-state index in [0.717, 1.165) is 32.5 Å². The molecule has 108 valence electrons. The first-order chi connectivity index (χ1) is 9.29. The second-order valence-corrected chi connectivity index (χ2v) is 6.98. The van der Waals surface area contributed by atoms with Gasteiger partial charge in [0.2, 0.25) is 5.91 Å². The molecule has 3 rings (SSSR count). The van der Waals surface area contributed by atoms with Crippen molar-refractivity contribution in [2.45, 2.75) is 57.8 Å². The molecule has 1 unspecified atom stereocenters. The van der Waals surface area contributed by atoms with E-state index in [2.05, 4.69) is 10.2 Å². The highest BCUT2D eigenvalue weighted by Crippen LogP contribution is 2.37. The maximum atomic E-state index is 12.7. The van der Waals surface area contributed by atoms with Crippen molar-refractivity contribution >= 4 is 5.91 Å². The largest absolute Gasteiger partial charge is 0.342 e. The highest BCUT2D eigenvalue weighted by molar-refractivity contribution is 5.79. The first-order valence-electron chi connectivity index (χ1n) is 8.29. The lowest BCUT2D eigenvalue weighted by molar-refractivity contribution is -0.140. The van der Waals surface area contributed by atoms with Crippen LogP contribution in [0.5, 0.6) is 0 Å². The van der Waals surface area contributed by atoms with Crippen LogP contribution in [0.1, 0.15) is 57.8 Å². The van der Waals surface area contributed by atoms with Crippen LogP contribution >= 0.6 is 0 Å². The van der Waals surface area contributed by atoms with Gasteiger partial charge in [0.1, 0.15) is 0 Å². The van der Waals surface area contributed by atoms with Crippen LogP contribution < -0.4 is 5.32 Å². The molecule has 1 spiro atoms. The Kier molecular flexibility index (Phi) is 4.11. The Labute approximate surface area is 117 Å². The van der Waals surface area contributed by atoms with Crippen molar-refractivity contribution in [3.05, 3.63) is 0 Å². The number of amides is 1. The van der Waals surface area contributed by atoms with E-state index in [4.69, 9.17) is 0 Å². The third-order valence-electron chi connectivity index (χ3n) is 5.49. The number of hydrogen-bond donors (Lipinski definition) is 1. The van der Waals surface area contributed by atoms with Crippen molar-refractivity contribution in [3.8, 4) is 0 Å². The first-order valence-corrected chi connectivity index (χ1v) is 8.29. The van der Waals surface area contributed by atoms with Crippen molar-refractivity contribution in [2.24, 2.45) is 11.3 Å². The zero-order chi connectivity index (χ0) is 13.1. The second kappa shape index (κ2) is 5.82. The fourth-order valence-electron chi connectivity index (χ4n) is 4.38. The molecule has 1 saturated carbocycles. The van der Waals surface area contributed by atoms with Crippen LogP contribution in [0.15, 0.2) is 0 Å². The lowest BCUT2D eigenvalue weighted by Gasteiger charge is -2.46. The molecule has 0 aromatic carbocycles. The molecule has 3 heteroatoms. The number of nitrogens with zero attached hydrogens (tertiary/aromatic N) is 1. The molecule has 2 aliphatic heterocycles. The molecule has 3 aliphatic rings. The maximum Gasteiger partial charge on any atom is 0.225 e. The van der Waals surface area contributed by atoms with E-state index in [-0.39, 0.29) is 0 Å². The molecule has 0 bridgehead atoms. The lowest BCUT2D eigenvalue weighted by atomic mass is 9.74. The highest BCUT2D eigenvalue weighted by atomic mass is 16.2. The zero-order valence-electron chi connectivity index (χ0n) is 12.1. The Hall–Kier alpha value is -0.570. The minimum absolute atomic E-state index is 0.348. The lowest BCUT2D eigenvalue weighted by Crippen LogP contribution is -2.53. The average Bonchev–Trinajstić information content (AvgIpc) is 2.48. The van der Waals surface area contributed by atoms with Gasteiger partial charge >= 0.3 is 0 Å². The number of carbonyl (C=O) groups is 1. The number of likely N-dealkylation sites (tertiary alicyclic amines) is 1. The molecule has 19 heavy (non-hydrogen) atoms. The van der Waals surface area contributed by atoms with Crippen molar-refractivity contribution in [1.82, 2.24) is 10.2 Å². The van der Waals surface area contributed by atoms with Crippen LogP contribution in [0.25, 0.3) is 0 Å². The number of rotatable bonds is 1. The molecular weight excluding hydrogens is 236 g/mol. The summed E-state index contributed by atoms with van der Waals surface area (Å²) >= 11 is 0. The van der Waals surface area contributed by atoms with Gasteiger partial charge in [-0.1, -0.05) is 19.3 Å². The predicted octanol–water partition coefficient (Wildman–Crippen LogP) is 2.56. The summed E-state index contributed by atoms with van der Waals surface area (Å²) < 4.78 is 0. The molecule has 0 radical (unpaired) electrons. The minimum atomic E-state index is 0.348. The van der Waals surface area contributed by atoms with E-state index in [1.54, 1.807) is 0 Å². The smallest absolute Gasteiger partial charge is 0.225 e. The molecule has 0 aromatic heterocycles. The van der Waals surface area contributed by atoms with Crippen LogP contribution in [-0.2, 0) is 4.79 Å². The summed E-state index contributed by atoms with van der Waals surface area (Å²) in [5.74, 6) is 0.824. The van der Waals surface area contributed by atoms with Gasteiger partial charge in [0.25, 0.3) is 0 Å². The highest BCUT2D eigenvalue weighted by Gasteiger charge is 2.39. The van der Waals surface area contributed by atoms with E-state index in [1.165, 1.54) is 51.5 Å². The molecular formula is C16H28N2O. The number of nitrogens with one attached hydrogen (secondary N) is 1. The summed E-state index contributed by atoms with van der Waals surface area (Å²) in [5, 5.41) is 3.55. The summed E-state index contributed by atoms with van der Waals surface area (Å²) in [4.78, 5) is 14.9. The molecule has 2 saturated heterocycles. The molecule has 0 aromatic rings. The predicted molar refractivity (Wildman–Crippen MR) is 76.9 cm³/mol. The van der Waals surface area contributed by atoms with Gasteiger partial charge in [-0.05, 0) is 45.1 Å². The van der Waals surface area contributed by atoms with E-state index in [9.17, 15) is 4.79 Å². The Balaban J connectivity index is 1.62. The fourth-order valence-corrected chi connectivity index (χ4v) is 4.38. The van der Waals surface area contributed by atoms with Crippen molar-refractivity contribution < 1.29 is 4.79 Å². The molecule has 2 heterocycles. The summed E-state index contributed by atoms with van der Waals surface area (Å²) in [5.41, 5.74) is 0.404. The van der Waals surface area contributed by atoms with Gasteiger partial charge in [-0.3, -0.25) is 4.79 Å². The molecule has 1 atom stereocenters. The first kappa shape index (κ1) is 13.4. The Morgan fingerprint density at radius 1 is 1.05 bits per heavy atom. The van der Waals surface area contributed by atoms with E-state index in [1.807, 2.05) is 0 Å². The maximum absolute atomic E-state index is 12.7. The molecule has 1 aliphatic carbocycles. The average molecular weight is 264 g/mol. The molecule has 1 N–H and O–H groups in total. The topological polar surface area (TPSA) is 32.3 Å². The minimum Gasteiger partial charge on any atom is -0.342 e. The van der Waals surface area contributed by atoms with Gasteiger partial charge in [0.15, 0.2) is 0 Å². The number of carbonyl (C=O) groups excluding carboxylic acids is 1. The van der Waals surface area contributed by atoms with Crippen LogP contribution in [0.4, 0.5) is 0 Å². The van der Waals surface area contributed by atoms with Gasteiger partial charge in [-0.15, -0.1) is 0 Å². The van der Waals surface area contributed by atoms with Crippen molar-refractivity contribution in [1.29, 1.82) is 0 Å². The van der Waals surface area contributed by atoms with Crippen LogP contribution in [0, 0.1) is 11.3 Å². The quantitative estimate of drug-likeness (QED) is 0.789. The van der Waals surface area contributed by atoms with Gasteiger partial charge in [0, 0.05) is 31.0 Å². The van der Waals surface area contributed by atoms with Gasteiger partial charge in [0.05, 0.1) is 0 Å². The van der Waals surface area contributed by atoms with Gasteiger partial charge in [-0.25, -0.2) is 0 Å². The SMILES string of the molecule is O=C(C1CCCCC1)N1CCCC2(CCCNC2)C1. The van der Waals surface area contributed by atoms with Crippen molar-refractivity contribution in [3.63, 3.8) is 0 Å². The third-order valence-corrected chi connectivity index (χ3v) is 5.49.